The summed E-state index contributed by atoms with van der Waals surface area (Å²) in [6.07, 6.45) is 3.05. The van der Waals surface area contributed by atoms with E-state index >= 15 is 0 Å². The highest BCUT2D eigenvalue weighted by molar-refractivity contribution is 6.29. The Bertz CT molecular complexity index is 503. The van der Waals surface area contributed by atoms with E-state index < -0.39 is 10.8 Å². The largest absolute Gasteiger partial charge is 0.350 e. The third kappa shape index (κ3) is 3.39. The Labute approximate surface area is 114 Å². The molecule has 1 atom stereocenters. The fourth-order valence-corrected chi connectivity index (χ4v) is 2.15. The Hall–Kier alpha value is -1.73. The number of aromatic nitrogens is 1. The number of carbonyl (C=O) groups excluding carboxylic acids is 1. The summed E-state index contributed by atoms with van der Waals surface area (Å²) in [4.78, 5) is 25.7. The summed E-state index contributed by atoms with van der Waals surface area (Å²) in [5.74, 6) is -0.510. The van der Waals surface area contributed by atoms with Crippen LogP contribution in [0.1, 0.15) is 23.2 Å². The zero-order valence-electron chi connectivity index (χ0n) is 10.1. The molecule has 1 aromatic rings. The smallest absolute Gasteiger partial charge is 0.300 e. The molecule has 0 aliphatic carbocycles. The van der Waals surface area contributed by atoms with Crippen LogP contribution in [0.3, 0.4) is 0 Å². The molecule has 1 saturated heterocycles. The topological polar surface area (TPSA) is 97.2 Å². The molecule has 2 rings (SSSR count). The van der Waals surface area contributed by atoms with E-state index in [2.05, 4.69) is 15.6 Å². The molecular formula is C11H13ClN4O3. The second-order valence-electron chi connectivity index (χ2n) is 4.28. The fraction of sp³-hybridized carbons (Fsp3) is 0.455. The van der Waals surface area contributed by atoms with E-state index in [9.17, 15) is 14.9 Å². The molecule has 0 aromatic carbocycles. The van der Waals surface area contributed by atoms with E-state index in [4.69, 9.17) is 11.6 Å². The summed E-state index contributed by atoms with van der Waals surface area (Å²) in [5.41, 5.74) is -0.413. The van der Waals surface area contributed by atoms with Gasteiger partial charge >= 0.3 is 0 Å². The summed E-state index contributed by atoms with van der Waals surface area (Å²) in [6, 6.07) is 1.43. The lowest BCUT2D eigenvalue weighted by atomic mass is 10.2. The van der Waals surface area contributed by atoms with Crippen LogP contribution in [0, 0.1) is 10.1 Å². The number of nitrogens with one attached hydrogen (secondary N) is 2. The van der Waals surface area contributed by atoms with Crippen LogP contribution in [0.4, 0.5) is 5.69 Å². The molecule has 2 N–H and O–H groups in total. The zero-order valence-corrected chi connectivity index (χ0v) is 10.8. The van der Waals surface area contributed by atoms with Crippen molar-refractivity contribution in [1.29, 1.82) is 0 Å². The molecule has 1 fully saturated rings. The monoisotopic (exact) mass is 284 g/mol. The molecule has 1 aliphatic heterocycles. The van der Waals surface area contributed by atoms with E-state index in [1.165, 1.54) is 6.07 Å². The third-order valence-corrected chi connectivity index (χ3v) is 3.17. The normalized spacial score (nSPS) is 18.3. The van der Waals surface area contributed by atoms with E-state index in [-0.39, 0.29) is 22.4 Å². The van der Waals surface area contributed by atoms with Crippen molar-refractivity contribution in [2.75, 3.05) is 13.1 Å². The van der Waals surface area contributed by atoms with Gasteiger partial charge in [0.25, 0.3) is 11.6 Å². The van der Waals surface area contributed by atoms with Crippen LogP contribution in [0.5, 0.6) is 0 Å². The van der Waals surface area contributed by atoms with Gasteiger partial charge in [-0.2, -0.15) is 0 Å². The van der Waals surface area contributed by atoms with Gasteiger partial charge < -0.3 is 10.6 Å². The molecule has 19 heavy (non-hydrogen) atoms. The molecular weight excluding hydrogens is 272 g/mol. The SMILES string of the molecule is O=C(NCC1CCCN1)c1cc(Cl)ncc1[N+](=O)[O-]. The van der Waals surface area contributed by atoms with E-state index in [0.717, 1.165) is 25.6 Å². The summed E-state index contributed by atoms with van der Waals surface area (Å²) in [7, 11) is 0. The number of pyridine rings is 1. The highest BCUT2D eigenvalue weighted by Crippen LogP contribution is 2.20. The van der Waals surface area contributed by atoms with Gasteiger partial charge in [0.05, 0.1) is 4.92 Å². The van der Waals surface area contributed by atoms with Gasteiger partial charge in [-0.15, -0.1) is 0 Å². The van der Waals surface area contributed by atoms with Crippen molar-refractivity contribution in [3.05, 3.63) is 33.1 Å². The van der Waals surface area contributed by atoms with Crippen molar-refractivity contribution >= 4 is 23.2 Å². The Morgan fingerprint density at radius 1 is 1.68 bits per heavy atom. The Morgan fingerprint density at radius 3 is 3.11 bits per heavy atom. The second-order valence-corrected chi connectivity index (χ2v) is 4.67. The Kier molecular flexibility index (Phi) is 4.28. The van der Waals surface area contributed by atoms with Crippen LogP contribution in [-0.4, -0.2) is 34.9 Å². The first-order valence-corrected chi connectivity index (χ1v) is 6.27. The number of rotatable bonds is 4. The van der Waals surface area contributed by atoms with E-state index in [1.807, 2.05) is 0 Å². The van der Waals surface area contributed by atoms with Crippen LogP contribution < -0.4 is 10.6 Å². The Balaban J connectivity index is 2.08. The first-order valence-electron chi connectivity index (χ1n) is 5.89. The average molecular weight is 285 g/mol. The lowest BCUT2D eigenvalue weighted by molar-refractivity contribution is -0.385. The minimum Gasteiger partial charge on any atom is -0.350 e. The quantitative estimate of drug-likeness (QED) is 0.491. The third-order valence-electron chi connectivity index (χ3n) is 2.96. The number of nitrogens with zero attached hydrogens (tertiary/aromatic N) is 2. The van der Waals surface area contributed by atoms with Crippen molar-refractivity contribution in [3.8, 4) is 0 Å². The van der Waals surface area contributed by atoms with Crippen molar-refractivity contribution in [1.82, 2.24) is 15.6 Å². The van der Waals surface area contributed by atoms with Gasteiger partial charge in [0.15, 0.2) is 0 Å². The lowest BCUT2D eigenvalue weighted by Gasteiger charge is -2.11. The molecule has 1 amide bonds. The van der Waals surface area contributed by atoms with Crippen LogP contribution in [0.15, 0.2) is 12.3 Å². The van der Waals surface area contributed by atoms with Crippen molar-refractivity contribution in [2.24, 2.45) is 0 Å². The average Bonchev–Trinajstić information content (AvgIpc) is 2.88. The maximum Gasteiger partial charge on any atom is 0.300 e. The van der Waals surface area contributed by atoms with E-state index in [1.54, 1.807) is 0 Å². The second kappa shape index (κ2) is 5.94. The molecule has 1 aromatic heterocycles. The molecule has 102 valence electrons. The molecule has 0 bridgehead atoms. The maximum absolute atomic E-state index is 11.9. The minimum absolute atomic E-state index is 0.0507. The first-order chi connectivity index (χ1) is 9.08. The van der Waals surface area contributed by atoms with Gasteiger partial charge in [0, 0.05) is 12.6 Å². The highest BCUT2D eigenvalue weighted by atomic mass is 35.5. The van der Waals surface area contributed by atoms with Gasteiger partial charge in [0.1, 0.15) is 16.9 Å². The van der Waals surface area contributed by atoms with Gasteiger partial charge in [-0.25, -0.2) is 4.98 Å². The van der Waals surface area contributed by atoms with Crippen LogP contribution in [-0.2, 0) is 0 Å². The first kappa shape index (κ1) is 13.7. The van der Waals surface area contributed by atoms with Crippen LogP contribution in [0.2, 0.25) is 5.15 Å². The van der Waals surface area contributed by atoms with Gasteiger partial charge in [-0.3, -0.25) is 14.9 Å². The number of halogens is 1. The van der Waals surface area contributed by atoms with Gasteiger partial charge in [0.2, 0.25) is 0 Å². The number of carbonyl (C=O) groups is 1. The number of hydrogen-bond donors (Lipinski definition) is 2. The maximum atomic E-state index is 11.9. The standard InChI is InChI=1S/C11H13ClN4O3/c12-10-4-8(9(6-14-10)16(18)19)11(17)15-5-7-2-1-3-13-7/h4,6-7,13H,1-3,5H2,(H,15,17). The molecule has 1 aliphatic rings. The predicted molar refractivity (Wildman–Crippen MR) is 69.3 cm³/mol. The van der Waals surface area contributed by atoms with Crippen molar-refractivity contribution in [2.45, 2.75) is 18.9 Å². The molecule has 0 saturated carbocycles. The molecule has 8 heteroatoms. The minimum atomic E-state index is -0.647. The fourth-order valence-electron chi connectivity index (χ4n) is 1.99. The van der Waals surface area contributed by atoms with Crippen molar-refractivity contribution < 1.29 is 9.72 Å². The van der Waals surface area contributed by atoms with E-state index in [0.29, 0.717) is 6.54 Å². The molecule has 0 radical (unpaired) electrons. The summed E-state index contributed by atoms with van der Waals surface area (Å²) in [5, 5.41) is 16.8. The van der Waals surface area contributed by atoms with Crippen LogP contribution in [0.25, 0.3) is 0 Å². The summed E-state index contributed by atoms with van der Waals surface area (Å²) in [6.45, 7) is 1.37. The molecule has 2 heterocycles. The van der Waals surface area contributed by atoms with Crippen molar-refractivity contribution in [3.63, 3.8) is 0 Å². The summed E-state index contributed by atoms with van der Waals surface area (Å²) >= 11 is 5.67. The zero-order chi connectivity index (χ0) is 13.8. The Morgan fingerprint density at radius 2 is 2.47 bits per heavy atom. The molecule has 0 spiro atoms. The van der Waals surface area contributed by atoms with Gasteiger partial charge in [-0.1, -0.05) is 11.6 Å². The summed E-state index contributed by atoms with van der Waals surface area (Å²) < 4.78 is 0. The predicted octanol–water partition coefficient (Wildman–Crippen LogP) is 1.12. The number of nitro groups is 1. The van der Waals surface area contributed by atoms with Gasteiger partial charge in [-0.05, 0) is 25.5 Å². The molecule has 7 nitrogen and oxygen atoms in total. The molecule has 1 unspecified atom stereocenters. The number of hydrogen-bond acceptors (Lipinski definition) is 5. The highest BCUT2D eigenvalue weighted by Gasteiger charge is 2.22. The van der Waals surface area contributed by atoms with Crippen LogP contribution >= 0.6 is 11.6 Å². The lowest BCUT2D eigenvalue weighted by Crippen LogP contribution is -2.37. The number of amides is 1.